The standard InChI is InChI=1S/C14H19NO2/c1-4-9-15(10-12(2)16)11-13-5-7-14(17-3)8-6-13/h4-8H,1,9-11H2,2-3H3. The molecule has 3 nitrogen and oxygen atoms in total. The lowest BCUT2D eigenvalue weighted by atomic mass is 10.2. The first-order valence-corrected chi connectivity index (χ1v) is 5.61. The molecule has 1 aromatic carbocycles. The lowest BCUT2D eigenvalue weighted by Gasteiger charge is -2.19. The van der Waals surface area contributed by atoms with Crippen LogP contribution in [0.2, 0.25) is 0 Å². The molecule has 0 aromatic heterocycles. The molecule has 1 aromatic rings. The highest BCUT2D eigenvalue weighted by Crippen LogP contribution is 2.12. The van der Waals surface area contributed by atoms with Crippen molar-refractivity contribution in [3.05, 3.63) is 42.5 Å². The average Bonchev–Trinajstić information content (AvgIpc) is 2.29. The second kappa shape index (κ2) is 6.86. The van der Waals surface area contributed by atoms with Crippen LogP contribution in [0.1, 0.15) is 12.5 Å². The Morgan fingerprint density at radius 2 is 2.06 bits per heavy atom. The van der Waals surface area contributed by atoms with Gasteiger partial charge < -0.3 is 4.74 Å². The zero-order chi connectivity index (χ0) is 12.7. The molecule has 17 heavy (non-hydrogen) atoms. The van der Waals surface area contributed by atoms with Crippen LogP contribution < -0.4 is 4.74 Å². The first-order chi connectivity index (χ1) is 8.15. The van der Waals surface area contributed by atoms with Crippen molar-refractivity contribution in [1.82, 2.24) is 4.90 Å². The molecule has 0 aliphatic heterocycles. The van der Waals surface area contributed by atoms with E-state index in [0.29, 0.717) is 13.1 Å². The number of benzene rings is 1. The summed E-state index contributed by atoms with van der Waals surface area (Å²) in [6.07, 6.45) is 1.81. The summed E-state index contributed by atoms with van der Waals surface area (Å²) < 4.78 is 5.10. The van der Waals surface area contributed by atoms with Crippen LogP contribution in [0.5, 0.6) is 5.75 Å². The third kappa shape index (κ3) is 4.83. The first-order valence-electron chi connectivity index (χ1n) is 5.61. The predicted octanol–water partition coefficient (Wildman–Crippen LogP) is 2.27. The van der Waals surface area contributed by atoms with E-state index in [1.807, 2.05) is 30.3 Å². The van der Waals surface area contributed by atoms with Crippen LogP contribution in [0.4, 0.5) is 0 Å². The third-order valence-electron chi connectivity index (χ3n) is 2.40. The van der Waals surface area contributed by atoms with Gasteiger partial charge in [-0.3, -0.25) is 9.69 Å². The lowest BCUT2D eigenvalue weighted by molar-refractivity contribution is -0.118. The number of ether oxygens (including phenoxy) is 1. The van der Waals surface area contributed by atoms with Crippen LogP contribution in [0.25, 0.3) is 0 Å². The minimum Gasteiger partial charge on any atom is -0.497 e. The van der Waals surface area contributed by atoms with Gasteiger partial charge in [0.2, 0.25) is 0 Å². The van der Waals surface area contributed by atoms with Crippen LogP contribution in [-0.2, 0) is 11.3 Å². The lowest BCUT2D eigenvalue weighted by Crippen LogP contribution is -2.28. The zero-order valence-electron chi connectivity index (χ0n) is 10.5. The predicted molar refractivity (Wildman–Crippen MR) is 69.1 cm³/mol. The number of rotatable bonds is 7. The first kappa shape index (κ1) is 13.5. The molecule has 1 rings (SSSR count). The van der Waals surface area contributed by atoms with Crippen LogP contribution in [0, 0.1) is 0 Å². The molecule has 0 heterocycles. The third-order valence-corrected chi connectivity index (χ3v) is 2.40. The Balaban J connectivity index is 2.64. The van der Waals surface area contributed by atoms with Gasteiger partial charge >= 0.3 is 0 Å². The summed E-state index contributed by atoms with van der Waals surface area (Å²) >= 11 is 0. The van der Waals surface area contributed by atoms with Crippen molar-refractivity contribution in [2.75, 3.05) is 20.2 Å². The topological polar surface area (TPSA) is 29.5 Å². The molecule has 0 atom stereocenters. The highest BCUT2D eigenvalue weighted by Gasteiger charge is 2.06. The van der Waals surface area contributed by atoms with E-state index in [4.69, 9.17) is 4.74 Å². The molecule has 0 aliphatic rings. The molecule has 92 valence electrons. The number of ketones is 1. The van der Waals surface area contributed by atoms with Crippen molar-refractivity contribution in [3.63, 3.8) is 0 Å². The molecule has 0 amide bonds. The monoisotopic (exact) mass is 233 g/mol. The van der Waals surface area contributed by atoms with Crippen molar-refractivity contribution in [3.8, 4) is 5.75 Å². The maximum absolute atomic E-state index is 11.1. The van der Waals surface area contributed by atoms with Crippen molar-refractivity contribution < 1.29 is 9.53 Å². The van der Waals surface area contributed by atoms with Gasteiger partial charge in [-0.2, -0.15) is 0 Å². The maximum atomic E-state index is 11.1. The Labute approximate surface area is 103 Å². The molecule has 3 heteroatoms. The Morgan fingerprint density at radius 3 is 2.53 bits per heavy atom. The minimum absolute atomic E-state index is 0.167. The van der Waals surface area contributed by atoms with Gasteiger partial charge in [-0.25, -0.2) is 0 Å². The summed E-state index contributed by atoms with van der Waals surface area (Å²) in [5, 5.41) is 0. The van der Waals surface area contributed by atoms with Gasteiger partial charge in [0.25, 0.3) is 0 Å². The maximum Gasteiger partial charge on any atom is 0.143 e. The smallest absolute Gasteiger partial charge is 0.143 e. The van der Waals surface area contributed by atoms with E-state index in [9.17, 15) is 4.79 Å². The largest absolute Gasteiger partial charge is 0.497 e. The SMILES string of the molecule is C=CCN(CC(C)=O)Cc1ccc(OC)cc1. The number of nitrogens with zero attached hydrogens (tertiary/aromatic N) is 1. The molecule has 0 spiro atoms. The van der Waals surface area contributed by atoms with Gasteiger partial charge in [-0.15, -0.1) is 6.58 Å². The Hall–Kier alpha value is -1.61. The van der Waals surface area contributed by atoms with E-state index in [-0.39, 0.29) is 5.78 Å². The number of methoxy groups -OCH3 is 1. The van der Waals surface area contributed by atoms with Crippen molar-refractivity contribution in [1.29, 1.82) is 0 Å². The molecular weight excluding hydrogens is 214 g/mol. The number of carbonyl (C=O) groups is 1. The quantitative estimate of drug-likeness (QED) is 0.677. The van der Waals surface area contributed by atoms with E-state index >= 15 is 0 Å². The molecule has 0 saturated heterocycles. The fourth-order valence-electron chi connectivity index (χ4n) is 1.67. The van der Waals surface area contributed by atoms with Gasteiger partial charge in [0.15, 0.2) is 0 Å². The molecule has 0 fully saturated rings. The average molecular weight is 233 g/mol. The number of Topliss-reactive ketones (excluding diaryl/α,β-unsaturated/α-hetero) is 1. The summed E-state index contributed by atoms with van der Waals surface area (Å²) in [5.74, 6) is 1.01. The van der Waals surface area contributed by atoms with Gasteiger partial charge in [0.1, 0.15) is 11.5 Å². The second-order valence-corrected chi connectivity index (χ2v) is 4.01. The Morgan fingerprint density at radius 1 is 1.41 bits per heavy atom. The van der Waals surface area contributed by atoms with Crippen molar-refractivity contribution in [2.24, 2.45) is 0 Å². The van der Waals surface area contributed by atoms with Crippen LogP contribution in [0.3, 0.4) is 0 Å². The highest BCUT2D eigenvalue weighted by atomic mass is 16.5. The molecule has 0 N–H and O–H groups in total. The molecule has 0 bridgehead atoms. The number of hydrogen-bond donors (Lipinski definition) is 0. The Kier molecular flexibility index (Phi) is 5.43. The molecular formula is C14H19NO2. The summed E-state index contributed by atoms with van der Waals surface area (Å²) in [7, 11) is 1.65. The van der Waals surface area contributed by atoms with Crippen LogP contribution in [0.15, 0.2) is 36.9 Å². The molecule has 0 radical (unpaired) electrons. The van der Waals surface area contributed by atoms with Gasteiger partial charge in [-0.05, 0) is 24.6 Å². The van der Waals surface area contributed by atoms with Gasteiger partial charge in [-0.1, -0.05) is 18.2 Å². The van der Waals surface area contributed by atoms with E-state index in [1.54, 1.807) is 14.0 Å². The zero-order valence-corrected chi connectivity index (χ0v) is 10.5. The van der Waals surface area contributed by atoms with Gasteiger partial charge in [0, 0.05) is 13.1 Å². The van der Waals surface area contributed by atoms with Crippen molar-refractivity contribution >= 4 is 5.78 Å². The molecule has 0 saturated carbocycles. The summed E-state index contributed by atoms with van der Waals surface area (Å²) in [5.41, 5.74) is 1.16. The summed E-state index contributed by atoms with van der Waals surface area (Å²) in [4.78, 5) is 13.2. The highest BCUT2D eigenvalue weighted by molar-refractivity contribution is 5.77. The number of carbonyl (C=O) groups excluding carboxylic acids is 1. The fraction of sp³-hybridized carbons (Fsp3) is 0.357. The van der Waals surface area contributed by atoms with E-state index < -0.39 is 0 Å². The van der Waals surface area contributed by atoms with Crippen LogP contribution in [-0.4, -0.2) is 30.9 Å². The van der Waals surface area contributed by atoms with Gasteiger partial charge in [0.05, 0.1) is 13.7 Å². The van der Waals surface area contributed by atoms with Crippen molar-refractivity contribution in [2.45, 2.75) is 13.5 Å². The molecule has 0 unspecified atom stereocenters. The van der Waals surface area contributed by atoms with E-state index in [0.717, 1.165) is 17.9 Å². The van der Waals surface area contributed by atoms with E-state index in [2.05, 4.69) is 11.5 Å². The minimum atomic E-state index is 0.167. The summed E-state index contributed by atoms with van der Waals surface area (Å²) in [6, 6.07) is 7.87. The second-order valence-electron chi connectivity index (χ2n) is 4.01. The number of hydrogen-bond acceptors (Lipinski definition) is 3. The summed E-state index contributed by atoms with van der Waals surface area (Å²) in [6.45, 7) is 7.22. The van der Waals surface area contributed by atoms with E-state index in [1.165, 1.54) is 0 Å². The Bertz CT molecular complexity index is 370. The fourth-order valence-corrected chi connectivity index (χ4v) is 1.67. The normalized spacial score (nSPS) is 10.3. The molecule has 0 aliphatic carbocycles. The van der Waals surface area contributed by atoms with Crippen LogP contribution >= 0.6 is 0 Å².